The highest BCUT2D eigenvalue weighted by Gasteiger charge is 2.23. The molecule has 1 unspecified atom stereocenters. The van der Waals surface area contributed by atoms with Crippen LogP contribution in [0.15, 0.2) is 30.6 Å². The molecule has 4 heteroatoms. The number of hydrogen-bond acceptors (Lipinski definition) is 3. The van der Waals surface area contributed by atoms with Gasteiger partial charge in [0, 0.05) is 24.5 Å². The Morgan fingerprint density at radius 2 is 2.37 bits per heavy atom. The number of aliphatic hydroxyl groups excluding tert-OH is 1. The van der Waals surface area contributed by atoms with Gasteiger partial charge in [0.05, 0.1) is 6.10 Å². The first-order valence-corrected chi connectivity index (χ1v) is 6.72. The predicted octanol–water partition coefficient (Wildman–Crippen LogP) is 2.46. The van der Waals surface area contributed by atoms with Gasteiger partial charge in [-0.25, -0.2) is 4.98 Å². The first kappa shape index (κ1) is 12.2. The van der Waals surface area contributed by atoms with E-state index in [0.29, 0.717) is 6.61 Å². The smallest absolute Gasteiger partial charge is 0.146 e. The Kier molecular flexibility index (Phi) is 3.25. The maximum atomic E-state index is 9.87. The number of imidazole rings is 1. The van der Waals surface area contributed by atoms with Crippen LogP contribution >= 0.6 is 0 Å². The Bertz CT molecular complexity index is 577. The van der Waals surface area contributed by atoms with Crippen LogP contribution in [0.2, 0.25) is 0 Å². The van der Waals surface area contributed by atoms with E-state index in [1.807, 2.05) is 24.4 Å². The number of aryl methyl sites for hydroxylation is 1. The highest BCUT2D eigenvalue weighted by molar-refractivity contribution is 5.44. The molecular formula is C15H18N2O2. The number of aliphatic hydroxyl groups is 1. The molecule has 1 aromatic carbocycles. The lowest BCUT2D eigenvalue weighted by atomic mass is 10.1. The van der Waals surface area contributed by atoms with E-state index >= 15 is 0 Å². The van der Waals surface area contributed by atoms with Crippen molar-refractivity contribution in [1.82, 2.24) is 9.55 Å². The van der Waals surface area contributed by atoms with Gasteiger partial charge in [0.1, 0.15) is 18.2 Å². The Morgan fingerprint density at radius 3 is 3.21 bits per heavy atom. The summed E-state index contributed by atoms with van der Waals surface area (Å²) in [4.78, 5) is 4.30. The van der Waals surface area contributed by atoms with Crippen LogP contribution in [0.3, 0.4) is 0 Å². The van der Waals surface area contributed by atoms with E-state index < -0.39 is 0 Å². The van der Waals surface area contributed by atoms with Crippen LogP contribution in [0.1, 0.15) is 36.4 Å². The third-order valence-electron chi connectivity index (χ3n) is 3.70. The average Bonchev–Trinajstić information content (AvgIpc) is 3.03. The molecule has 0 spiro atoms. The monoisotopic (exact) mass is 258 g/mol. The van der Waals surface area contributed by atoms with Crippen molar-refractivity contribution in [2.24, 2.45) is 0 Å². The number of benzene rings is 1. The highest BCUT2D eigenvalue weighted by Crippen LogP contribution is 2.36. The van der Waals surface area contributed by atoms with E-state index in [0.717, 1.165) is 42.1 Å². The normalized spacial score (nSPS) is 17.5. The summed E-state index contributed by atoms with van der Waals surface area (Å²) in [6, 6.07) is 5.89. The quantitative estimate of drug-likeness (QED) is 0.916. The average molecular weight is 258 g/mol. The second-order valence-electron chi connectivity index (χ2n) is 4.80. The first-order chi connectivity index (χ1) is 9.29. The van der Waals surface area contributed by atoms with Gasteiger partial charge in [-0.2, -0.15) is 0 Å². The zero-order chi connectivity index (χ0) is 13.2. The van der Waals surface area contributed by atoms with Gasteiger partial charge in [0.2, 0.25) is 0 Å². The lowest BCUT2D eigenvalue weighted by Crippen LogP contribution is -2.06. The van der Waals surface area contributed by atoms with Crippen molar-refractivity contribution in [3.63, 3.8) is 0 Å². The summed E-state index contributed by atoms with van der Waals surface area (Å²) in [6.07, 6.45) is 5.09. The van der Waals surface area contributed by atoms with Crippen LogP contribution in [0, 0.1) is 0 Å². The third-order valence-corrected chi connectivity index (χ3v) is 3.70. The molecule has 100 valence electrons. The minimum Gasteiger partial charge on any atom is -0.485 e. The van der Waals surface area contributed by atoms with E-state index in [1.54, 1.807) is 6.20 Å². The topological polar surface area (TPSA) is 47.3 Å². The number of ether oxygens (including phenoxy) is 1. The standard InChI is InChI=1S/C15H18N2O2/c1-2-17-9-8-16-15(17)10-19-14-5-3-4-11-12(14)6-7-13(11)18/h3-5,8-9,13,18H,2,6-7,10H2,1H3. The molecule has 0 aliphatic heterocycles. The molecule has 4 nitrogen and oxygen atoms in total. The maximum absolute atomic E-state index is 9.87. The van der Waals surface area contributed by atoms with Gasteiger partial charge in [-0.15, -0.1) is 0 Å². The summed E-state index contributed by atoms with van der Waals surface area (Å²) in [5.74, 6) is 1.80. The molecule has 0 amide bonds. The van der Waals surface area contributed by atoms with Crippen LogP contribution < -0.4 is 4.74 Å². The van der Waals surface area contributed by atoms with Crippen molar-refractivity contribution in [3.8, 4) is 5.75 Å². The highest BCUT2D eigenvalue weighted by atomic mass is 16.5. The fourth-order valence-corrected chi connectivity index (χ4v) is 2.64. The summed E-state index contributed by atoms with van der Waals surface area (Å²) in [5.41, 5.74) is 2.15. The molecule has 1 atom stereocenters. The third kappa shape index (κ3) is 2.24. The van der Waals surface area contributed by atoms with Crippen LogP contribution in [0.25, 0.3) is 0 Å². The van der Waals surface area contributed by atoms with Crippen molar-refractivity contribution in [3.05, 3.63) is 47.5 Å². The minimum absolute atomic E-state index is 0.337. The van der Waals surface area contributed by atoms with Crippen molar-refractivity contribution in [1.29, 1.82) is 0 Å². The number of fused-ring (bicyclic) bond motifs is 1. The summed E-state index contributed by atoms with van der Waals surface area (Å²) in [7, 11) is 0. The van der Waals surface area contributed by atoms with Gasteiger partial charge in [0.25, 0.3) is 0 Å². The second kappa shape index (κ2) is 5.05. The predicted molar refractivity (Wildman–Crippen MR) is 72.0 cm³/mol. The Morgan fingerprint density at radius 1 is 1.47 bits per heavy atom. The van der Waals surface area contributed by atoms with E-state index in [9.17, 15) is 5.11 Å². The number of hydrogen-bond donors (Lipinski definition) is 1. The Balaban J connectivity index is 1.78. The molecule has 0 saturated heterocycles. The summed E-state index contributed by atoms with van der Waals surface area (Å²) in [6.45, 7) is 3.44. The minimum atomic E-state index is -0.337. The van der Waals surface area contributed by atoms with Gasteiger partial charge >= 0.3 is 0 Å². The molecule has 19 heavy (non-hydrogen) atoms. The molecule has 2 aromatic rings. The van der Waals surface area contributed by atoms with E-state index in [2.05, 4.69) is 16.5 Å². The van der Waals surface area contributed by atoms with Crippen molar-refractivity contribution in [2.75, 3.05) is 0 Å². The van der Waals surface area contributed by atoms with Gasteiger partial charge in [-0.1, -0.05) is 12.1 Å². The summed E-state index contributed by atoms with van der Waals surface area (Å²) < 4.78 is 7.96. The van der Waals surface area contributed by atoms with Crippen molar-refractivity contribution >= 4 is 0 Å². The molecule has 3 rings (SSSR count). The van der Waals surface area contributed by atoms with Crippen LogP contribution in [-0.4, -0.2) is 14.7 Å². The van der Waals surface area contributed by atoms with Gasteiger partial charge in [-0.05, 0) is 31.4 Å². The van der Waals surface area contributed by atoms with Crippen molar-refractivity contribution < 1.29 is 9.84 Å². The molecule has 1 aromatic heterocycles. The molecule has 0 fully saturated rings. The summed E-state index contributed by atoms with van der Waals surface area (Å²) >= 11 is 0. The zero-order valence-corrected chi connectivity index (χ0v) is 11.0. The van der Waals surface area contributed by atoms with Gasteiger partial charge < -0.3 is 14.4 Å². The van der Waals surface area contributed by atoms with Gasteiger partial charge in [0.15, 0.2) is 0 Å². The van der Waals surface area contributed by atoms with E-state index in [1.165, 1.54) is 0 Å². The molecule has 0 radical (unpaired) electrons. The lowest BCUT2D eigenvalue weighted by Gasteiger charge is -2.11. The largest absolute Gasteiger partial charge is 0.485 e. The summed E-state index contributed by atoms with van der Waals surface area (Å²) in [5, 5.41) is 9.87. The Hall–Kier alpha value is -1.81. The molecular weight excluding hydrogens is 240 g/mol. The van der Waals surface area contributed by atoms with Crippen molar-refractivity contribution in [2.45, 2.75) is 39.0 Å². The Labute approximate surface area is 112 Å². The van der Waals surface area contributed by atoms with Crippen LogP contribution in [0.4, 0.5) is 0 Å². The number of aromatic nitrogens is 2. The molecule has 0 bridgehead atoms. The number of rotatable bonds is 4. The van der Waals surface area contributed by atoms with Crippen LogP contribution in [0.5, 0.6) is 5.75 Å². The van der Waals surface area contributed by atoms with E-state index in [4.69, 9.17) is 4.74 Å². The zero-order valence-electron chi connectivity index (χ0n) is 11.0. The molecule has 1 N–H and O–H groups in total. The first-order valence-electron chi connectivity index (χ1n) is 6.72. The second-order valence-corrected chi connectivity index (χ2v) is 4.80. The lowest BCUT2D eigenvalue weighted by molar-refractivity contribution is 0.180. The van der Waals surface area contributed by atoms with Gasteiger partial charge in [-0.3, -0.25) is 0 Å². The fraction of sp³-hybridized carbons (Fsp3) is 0.400. The molecule has 1 aliphatic rings. The molecule has 1 aliphatic carbocycles. The molecule has 1 heterocycles. The maximum Gasteiger partial charge on any atom is 0.146 e. The fourth-order valence-electron chi connectivity index (χ4n) is 2.64. The SMILES string of the molecule is CCn1ccnc1COc1cccc2c1CCC2O. The number of nitrogens with zero attached hydrogens (tertiary/aromatic N) is 2. The molecule has 0 saturated carbocycles. The van der Waals surface area contributed by atoms with E-state index in [-0.39, 0.29) is 6.10 Å². The van der Waals surface area contributed by atoms with Crippen LogP contribution in [-0.2, 0) is 19.6 Å².